The van der Waals surface area contributed by atoms with Gasteiger partial charge in [0.15, 0.2) is 5.96 Å². The number of rotatable bonds is 9. The Balaban J connectivity index is 1.45. The highest BCUT2D eigenvalue weighted by molar-refractivity contribution is 5.85. The summed E-state index contributed by atoms with van der Waals surface area (Å²) in [6.07, 6.45) is 4.08. The van der Waals surface area contributed by atoms with E-state index in [0.717, 1.165) is 37.2 Å². The number of nitrogens with one attached hydrogen (secondary N) is 2. The molecule has 0 atom stereocenters. The molecule has 1 amide bonds. The molecule has 0 radical (unpaired) electrons. The Morgan fingerprint density at radius 3 is 2.12 bits per heavy atom. The molecule has 6 heteroatoms. The van der Waals surface area contributed by atoms with Crippen molar-refractivity contribution in [1.29, 1.82) is 0 Å². The minimum absolute atomic E-state index is 0.211. The standard InChI is InChI=1S/C26H36N4O2/c1-27-25(29-20-26(15-7-8-16-26)24(31)30(2)3)28-17-21-11-13-23(14-12-21)19-32-18-22-9-5-4-6-10-22/h4-6,9-14H,7-8,15-20H2,1-3H3,(H2,27,28,29). The fourth-order valence-electron chi connectivity index (χ4n) is 4.27. The van der Waals surface area contributed by atoms with Crippen LogP contribution in [0.1, 0.15) is 42.4 Å². The summed E-state index contributed by atoms with van der Waals surface area (Å²) in [4.78, 5) is 18.8. The Morgan fingerprint density at radius 1 is 0.938 bits per heavy atom. The third-order valence-corrected chi connectivity index (χ3v) is 6.10. The minimum Gasteiger partial charge on any atom is -0.372 e. The predicted molar refractivity (Wildman–Crippen MR) is 129 cm³/mol. The van der Waals surface area contributed by atoms with Crippen molar-refractivity contribution >= 4 is 11.9 Å². The van der Waals surface area contributed by atoms with Crippen molar-refractivity contribution in [2.24, 2.45) is 10.4 Å². The lowest BCUT2D eigenvalue weighted by atomic mass is 9.84. The van der Waals surface area contributed by atoms with E-state index in [0.29, 0.717) is 26.3 Å². The first-order chi connectivity index (χ1) is 15.5. The van der Waals surface area contributed by atoms with E-state index in [1.54, 1.807) is 11.9 Å². The summed E-state index contributed by atoms with van der Waals surface area (Å²) in [5, 5.41) is 6.75. The topological polar surface area (TPSA) is 66.0 Å². The molecule has 3 rings (SSSR count). The average Bonchev–Trinajstić information content (AvgIpc) is 3.30. The van der Waals surface area contributed by atoms with Crippen molar-refractivity contribution < 1.29 is 9.53 Å². The van der Waals surface area contributed by atoms with Gasteiger partial charge < -0.3 is 20.3 Å². The first-order valence-corrected chi connectivity index (χ1v) is 11.4. The minimum atomic E-state index is -0.317. The smallest absolute Gasteiger partial charge is 0.230 e. The SMILES string of the molecule is CN=C(NCc1ccc(COCc2ccccc2)cc1)NCC1(C(=O)N(C)C)CCCC1. The molecule has 172 valence electrons. The van der Waals surface area contributed by atoms with Gasteiger partial charge in [0.25, 0.3) is 0 Å². The summed E-state index contributed by atoms with van der Waals surface area (Å²) >= 11 is 0. The van der Waals surface area contributed by atoms with Crippen molar-refractivity contribution in [3.8, 4) is 0 Å². The molecule has 2 aromatic carbocycles. The summed E-state index contributed by atoms with van der Waals surface area (Å²) in [7, 11) is 5.44. The lowest BCUT2D eigenvalue weighted by Gasteiger charge is -2.31. The Labute approximate surface area is 192 Å². The van der Waals surface area contributed by atoms with E-state index < -0.39 is 0 Å². The third kappa shape index (κ3) is 6.57. The number of guanidine groups is 1. The molecule has 32 heavy (non-hydrogen) atoms. The van der Waals surface area contributed by atoms with Gasteiger partial charge in [0.1, 0.15) is 0 Å². The zero-order chi connectivity index (χ0) is 22.8. The number of carbonyl (C=O) groups excluding carboxylic acids is 1. The summed E-state index contributed by atoms with van der Waals surface area (Å²) in [6, 6.07) is 18.6. The summed E-state index contributed by atoms with van der Waals surface area (Å²) in [5.74, 6) is 0.932. The quantitative estimate of drug-likeness (QED) is 0.465. The van der Waals surface area contributed by atoms with Gasteiger partial charge in [0, 0.05) is 34.2 Å². The van der Waals surface area contributed by atoms with E-state index >= 15 is 0 Å². The van der Waals surface area contributed by atoms with Crippen LogP contribution in [0.5, 0.6) is 0 Å². The van der Waals surface area contributed by atoms with E-state index in [-0.39, 0.29) is 11.3 Å². The van der Waals surface area contributed by atoms with Crippen molar-refractivity contribution in [3.63, 3.8) is 0 Å². The van der Waals surface area contributed by atoms with Gasteiger partial charge in [-0.15, -0.1) is 0 Å². The molecule has 1 aliphatic carbocycles. The molecule has 0 spiro atoms. The molecule has 0 aromatic heterocycles. The summed E-state index contributed by atoms with van der Waals surface area (Å²) in [6.45, 7) is 2.48. The number of amides is 1. The lowest BCUT2D eigenvalue weighted by molar-refractivity contribution is -0.138. The average molecular weight is 437 g/mol. The van der Waals surface area contributed by atoms with Gasteiger partial charge in [-0.3, -0.25) is 9.79 Å². The first kappa shape index (κ1) is 23.8. The van der Waals surface area contributed by atoms with Gasteiger partial charge >= 0.3 is 0 Å². The fourth-order valence-corrected chi connectivity index (χ4v) is 4.27. The molecule has 1 aliphatic rings. The Hall–Kier alpha value is -2.86. The second-order valence-corrected chi connectivity index (χ2v) is 8.76. The lowest BCUT2D eigenvalue weighted by Crippen LogP contribution is -2.49. The zero-order valence-electron chi connectivity index (χ0n) is 19.6. The Bertz CT molecular complexity index is 872. The number of hydrogen-bond acceptors (Lipinski definition) is 3. The van der Waals surface area contributed by atoms with Crippen LogP contribution in [0.3, 0.4) is 0 Å². The molecule has 0 bridgehead atoms. The molecule has 0 aliphatic heterocycles. The van der Waals surface area contributed by atoms with E-state index in [9.17, 15) is 4.79 Å². The van der Waals surface area contributed by atoms with Crippen molar-refractivity contribution in [1.82, 2.24) is 15.5 Å². The van der Waals surface area contributed by atoms with Crippen molar-refractivity contribution in [3.05, 3.63) is 71.3 Å². The molecule has 1 fully saturated rings. The Kier molecular flexibility index (Phi) is 8.68. The molecular weight excluding hydrogens is 400 g/mol. The summed E-state index contributed by atoms with van der Waals surface area (Å²) in [5.41, 5.74) is 3.18. The number of ether oxygens (including phenoxy) is 1. The van der Waals surface area contributed by atoms with Gasteiger partial charge in [-0.2, -0.15) is 0 Å². The maximum Gasteiger partial charge on any atom is 0.230 e. The normalized spacial score (nSPS) is 15.4. The maximum absolute atomic E-state index is 12.8. The molecule has 2 aromatic rings. The molecule has 0 saturated heterocycles. The molecule has 2 N–H and O–H groups in total. The molecule has 1 saturated carbocycles. The summed E-state index contributed by atoms with van der Waals surface area (Å²) < 4.78 is 5.81. The van der Waals surface area contributed by atoms with Crippen LogP contribution in [-0.4, -0.2) is 44.5 Å². The van der Waals surface area contributed by atoms with Crippen LogP contribution in [0.4, 0.5) is 0 Å². The maximum atomic E-state index is 12.8. The number of carbonyl (C=O) groups is 1. The van der Waals surface area contributed by atoms with Gasteiger partial charge in [-0.1, -0.05) is 67.4 Å². The van der Waals surface area contributed by atoms with Crippen LogP contribution in [0, 0.1) is 5.41 Å². The van der Waals surface area contributed by atoms with E-state index in [1.165, 1.54) is 11.1 Å². The number of hydrogen-bond donors (Lipinski definition) is 2. The third-order valence-electron chi connectivity index (χ3n) is 6.10. The number of benzene rings is 2. The van der Waals surface area contributed by atoms with Gasteiger partial charge in [0.2, 0.25) is 5.91 Å². The van der Waals surface area contributed by atoms with Crippen LogP contribution in [0.25, 0.3) is 0 Å². The van der Waals surface area contributed by atoms with E-state index in [4.69, 9.17) is 4.74 Å². The number of aliphatic imine (C=N–C) groups is 1. The van der Waals surface area contributed by atoms with E-state index in [1.807, 2.05) is 32.3 Å². The largest absolute Gasteiger partial charge is 0.372 e. The number of nitrogens with zero attached hydrogens (tertiary/aromatic N) is 2. The van der Waals surface area contributed by atoms with Crippen molar-refractivity contribution in [2.75, 3.05) is 27.7 Å². The van der Waals surface area contributed by atoms with Crippen LogP contribution in [0.15, 0.2) is 59.6 Å². The predicted octanol–water partition coefficient (Wildman–Crippen LogP) is 3.72. The fraction of sp³-hybridized carbons (Fsp3) is 0.462. The second kappa shape index (κ2) is 11.7. The molecule has 6 nitrogen and oxygen atoms in total. The van der Waals surface area contributed by atoms with Crippen molar-refractivity contribution in [2.45, 2.75) is 45.4 Å². The second-order valence-electron chi connectivity index (χ2n) is 8.76. The van der Waals surface area contributed by atoms with Gasteiger partial charge in [-0.25, -0.2) is 0 Å². The van der Waals surface area contributed by atoms with Crippen LogP contribution in [0.2, 0.25) is 0 Å². The first-order valence-electron chi connectivity index (χ1n) is 11.4. The van der Waals surface area contributed by atoms with Crippen LogP contribution < -0.4 is 10.6 Å². The zero-order valence-corrected chi connectivity index (χ0v) is 19.6. The van der Waals surface area contributed by atoms with Gasteiger partial charge in [-0.05, 0) is 29.5 Å². The van der Waals surface area contributed by atoms with E-state index in [2.05, 4.69) is 52.0 Å². The highest BCUT2D eigenvalue weighted by Gasteiger charge is 2.42. The Morgan fingerprint density at radius 2 is 1.53 bits per heavy atom. The molecule has 0 heterocycles. The molecular formula is C26H36N4O2. The van der Waals surface area contributed by atoms with Gasteiger partial charge in [0.05, 0.1) is 18.6 Å². The highest BCUT2D eigenvalue weighted by Crippen LogP contribution is 2.38. The molecule has 0 unspecified atom stereocenters. The van der Waals surface area contributed by atoms with Crippen LogP contribution in [-0.2, 0) is 29.3 Å². The highest BCUT2D eigenvalue weighted by atomic mass is 16.5. The monoisotopic (exact) mass is 436 g/mol. The van der Waals surface area contributed by atoms with Crippen LogP contribution >= 0.6 is 0 Å².